The van der Waals surface area contributed by atoms with E-state index in [1.54, 1.807) is 18.5 Å². The number of ether oxygens (including phenoxy) is 1. The molecule has 8 heteroatoms. The van der Waals surface area contributed by atoms with E-state index in [2.05, 4.69) is 26.5 Å². The van der Waals surface area contributed by atoms with Gasteiger partial charge in [0.05, 0.1) is 5.69 Å². The van der Waals surface area contributed by atoms with Crippen molar-refractivity contribution in [1.29, 1.82) is 0 Å². The van der Waals surface area contributed by atoms with Crippen molar-refractivity contribution in [1.82, 2.24) is 24.5 Å². The molecule has 122 valence electrons. The molecule has 0 unspecified atom stereocenters. The summed E-state index contributed by atoms with van der Waals surface area (Å²) in [5.74, 6) is 0.0397. The summed E-state index contributed by atoms with van der Waals surface area (Å²) in [6, 6.07) is 2.15. The highest BCUT2D eigenvalue weighted by molar-refractivity contribution is 7.08. The Morgan fingerprint density at radius 3 is 2.78 bits per heavy atom. The van der Waals surface area contributed by atoms with Gasteiger partial charge < -0.3 is 9.64 Å². The minimum Gasteiger partial charge on any atom is -0.460 e. The summed E-state index contributed by atoms with van der Waals surface area (Å²) < 4.78 is 9.68. The molecule has 0 bridgehead atoms. The molecule has 0 spiro atoms. The molecule has 0 N–H and O–H groups in total. The molecular formula is C15H19N5O2S. The van der Waals surface area contributed by atoms with Crippen LogP contribution < -0.4 is 4.74 Å². The number of amides is 1. The van der Waals surface area contributed by atoms with Crippen molar-refractivity contribution in [3.63, 3.8) is 0 Å². The molecule has 0 atom stereocenters. The van der Waals surface area contributed by atoms with Gasteiger partial charge in [-0.15, -0.1) is 5.10 Å². The summed E-state index contributed by atoms with van der Waals surface area (Å²) >= 11 is 1.19. The Bertz CT molecular complexity index is 640. The van der Waals surface area contributed by atoms with E-state index in [0.717, 1.165) is 31.4 Å². The zero-order valence-electron chi connectivity index (χ0n) is 13.0. The number of rotatable bonds is 5. The summed E-state index contributed by atoms with van der Waals surface area (Å²) in [4.78, 5) is 23.3. The average molecular weight is 333 g/mol. The predicted molar refractivity (Wildman–Crippen MR) is 85.5 cm³/mol. The van der Waals surface area contributed by atoms with Gasteiger partial charge in [-0.3, -0.25) is 4.79 Å². The lowest BCUT2D eigenvalue weighted by atomic mass is 10.1. The van der Waals surface area contributed by atoms with E-state index in [4.69, 9.17) is 4.74 Å². The third-order valence-electron chi connectivity index (χ3n) is 3.78. The van der Waals surface area contributed by atoms with Gasteiger partial charge in [0.1, 0.15) is 11.0 Å². The molecule has 0 aromatic carbocycles. The minimum absolute atomic E-state index is 0.0397. The lowest BCUT2D eigenvalue weighted by Gasteiger charge is -2.31. The van der Waals surface area contributed by atoms with Crippen LogP contribution in [0.4, 0.5) is 0 Å². The van der Waals surface area contributed by atoms with Gasteiger partial charge in [-0.05, 0) is 24.0 Å². The SMILES string of the molecule is CCCc1nnsc1C(=O)N1CCC(Oc2ncccn2)CC1. The summed E-state index contributed by atoms with van der Waals surface area (Å²) in [6.45, 7) is 3.40. The molecule has 0 aliphatic carbocycles. The van der Waals surface area contributed by atoms with Crippen LogP contribution in [0.25, 0.3) is 0 Å². The first-order chi connectivity index (χ1) is 11.3. The van der Waals surface area contributed by atoms with Crippen molar-refractivity contribution >= 4 is 17.4 Å². The fourth-order valence-corrected chi connectivity index (χ4v) is 3.26. The van der Waals surface area contributed by atoms with Gasteiger partial charge in [0.15, 0.2) is 0 Å². The second-order valence-electron chi connectivity index (χ2n) is 5.44. The number of likely N-dealkylation sites (tertiary alicyclic amines) is 1. The molecule has 1 aliphatic rings. The smallest absolute Gasteiger partial charge is 0.316 e. The van der Waals surface area contributed by atoms with Crippen molar-refractivity contribution in [2.45, 2.75) is 38.7 Å². The number of carbonyl (C=O) groups is 1. The molecule has 1 aliphatic heterocycles. The second kappa shape index (κ2) is 7.45. The number of aryl methyl sites for hydroxylation is 1. The van der Waals surface area contributed by atoms with Crippen LogP contribution in [0.5, 0.6) is 6.01 Å². The maximum Gasteiger partial charge on any atom is 0.316 e. The molecular weight excluding hydrogens is 314 g/mol. The molecule has 2 aromatic heterocycles. The maximum atomic E-state index is 12.6. The number of hydrogen-bond acceptors (Lipinski definition) is 7. The van der Waals surface area contributed by atoms with E-state index >= 15 is 0 Å². The highest BCUT2D eigenvalue weighted by Gasteiger charge is 2.27. The number of carbonyl (C=O) groups excluding carboxylic acids is 1. The van der Waals surface area contributed by atoms with Crippen molar-refractivity contribution in [2.75, 3.05) is 13.1 Å². The number of nitrogens with zero attached hydrogens (tertiary/aromatic N) is 5. The van der Waals surface area contributed by atoms with E-state index in [1.807, 2.05) is 4.90 Å². The Morgan fingerprint density at radius 1 is 1.35 bits per heavy atom. The van der Waals surface area contributed by atoms with E-state index in [0.29, 0.717) is 24.0 Å². The van der Waals surface area contributed by atoms with Gasteiger partial charge in [-0.2, -0.15) is 0 Å². The van der Waals surface area contributed by atoms with Crippen LogP contribution in [-0.4, -0.2) is 49.6 Å². The van der Waals surface area contributed by atoms with Gasteiger partial charge in [0, 0.05) is 38.3 Å². The molecule has 1 amide bonds. The molecule has 1 saturated heterocycles. The zero-order valence-corrected chi connectivity index (χ0v) is 13.8. The standard InChI is InChI=1S/C15H19N5O2S/c1-2-4-12-13(23-19-18-12)14(21)20-9-5-11(6-10-20)22-15-16-7-3-8-17-15/h3,7-8,11H,2,4-6,9-10H2,1H3. The van der Waals surface area contributed by atoms with E-state index in [1.165, 1.54) is 11.5 Å². The Hall–Kier alpha value is -2.09. The Labute approximate surface area is 138 Å². The van der Waals surface area contributed by atoms with Gasteiger partial charge in [-0.25, -0.2) is 9.97 Å². The van der Waals surface area contributed by atoms with Crippen LogP contribution in [0.3, 0.4) is 0 Å². The van der Waals surface area contributed by atoms with Gasteiger partial charge in [0.2, 0.25) is 0 Å². The first-order valence-corrected chi connectivity index (χ1v) is 8.59. The van der Waals surface area contributed by atoms with E-state index < -0.39 is 0 Å². The molecule has 0 saturated carbocycles. The lowest BCUT2D eigenvalue weighted by molar-refractivity contribution is 0.0582. The zero-order chi connectivity index (χ0) is 16.1. The Balaban J connectivity index is 1.56. The van der Waals surface area contributed by atoms with Crippen LogP contribution in [0.2, 0.25) is 0 Å². The maximum absolute atomic E-state index is 12.6. The summed E-state index contributed by atoms with van der Waals surface area (Å²) in [5.41, 5.74) is 0.818. The number of piperidine rings is 1. The minimum atomic E-state index is 0.0397. The summed E-state index contributed by atoms with van der Waals surface area (Å²) in [6.07, 6.45) is 6.68. The van der Waals surface area contributed by atoms with Crippen molar-refractivity contribution in [2.24, 2.45) is 0 Å². The van der Waals surface area contributed by atoms with Gasteiger partial charge in [0.25, 0.3) is 5.91 Å². The van der Waals surface area contributed by atoms with Crippen LogP contribution in [0.15, 0.2) is 18.5 Å². The number of hydrogen-bond donors (Lipinski definition) is 0. The van der Waals surface area contributed by atoms with Crippen LogP contribution in [-0.2, 0) is 6.42 Å². The van der Waals surface area contributed by atoms with Crippen molar-refractivity contribution in [3.05, 3.63) is 29.0 Å². The van der Waals surface area contributed by atoms with Gasteiger partial charge in [-0.1, -0.05) is 17.8 Å². The highest BCUT2D eigenvalue weighted by atomic mass is 32.1. The lowest BCUT2D eigenvalue weighted by Crippen LogP contribution is -2.42. The predicted octanol–water partition coefficient (Wildman–Crippen LogP) is 1.96. The molecule has 7 nitrogen and oxygen atoms in total. The first-order valence-electron chi connectivity index (χ1n) is 7.82. The highest BCUT2D eigenvalue weighted by Crippen LogP contribution is 2.20. The molecule has 1 fully saturated rings. The number of aromatic nitrogens is 4. The molecule has 23 heavy (non-hydrogen) atoms. The van der Waals surface area contributed by atoms with Crippen LogP contribution >= 0.6 is 11.5 Å². The molecule has 0 radical (unpaired) electrons. The van der Waals surface area contributed by atoms with Gasteiger partial charge >= 0.3 is 6.01 Å². The van der Waals surface area contributed by atoms with Crippen molar-refractivity contribution in [3.8, 4) is 6.01 Å². The fourth-order valence-electron chi connectivity index (χ4n) is 2.59. The second-order valence-corrected chi connectivity index (χ2v) is 6.19. The third-order valence-corrected chi connectivity index (χ3v) is 4.54. The molecule has 3 heterocycles. The van der Waals surface area contributed by atoms with Crippen LogP contribution in [0, 0.1) is 0 Å². The normalized spacial score (nSPS) is 15.6. The fraction of sp³-hybridized carbons (Fsp3) is 0.533. The van der Waals surface area contributed by atoms with E-state index in [9.17, 15) is 4.79 Å². The van der Waals surface area contributed by atoms with E-state index in [-0.39, 0.29) is 12.0 Å². The quantitative estimate of drug-likeness (QED) is 0.832. The first kappa shape index (κ1) is 15.8. The molecule has 2 aromatic rings. The van der Waals surface area contributed by atoms with Crippen molar-refractivity contribution < 1.29 is 9.53 Å². The molecule has 3 rings (SSSR count). The Morgan fingerprint density at radius 2 is 2.09 bits per heavy atom. The average Bonchev–Trinajstić information content (AvgIpc) is 3.04. The third kappa shape index (κ3) is 3.82. The van der Waals surface area contributed by atoms with Crippen LogP contribution in [0.1, 0.15) is 41.6 Å². The topological polar surface area (TPSA) is 81.1 Å². The Kier molecular flexibility index (Phi) is 5.12. The monoisotopic (exact) mass is 333 g/mol. The largest absolute Gasteiger partial charge is 0.460 e. The summed E-state index contributed by atoms with van der Waals surface area (Å²) in [7, 11) is 0. The summed E-state index contributed by atoms with van der Waals surface area (Å²) in [5, 5.41) is 4.07.